The van der Waals surface area contributed by atoms with Crippen LogP contribution in [0.25, 0.3) is 0 Å². The van der Waals surface area contributed by atoms with Gasteiger partial charge in [-0.15, -0.1) is 0 Å². The fraction of sp³-hybridized carbons (Fsp3) is 0.500. The van der Waals surface area contributed by atoms with Gasteiger partial charge in [0.25, 0.3) is 0 Å². The molecule has 0 aliphatic carbocycles. The Kier molecular flexibility index (Phi) is 6.59. The quantitative estimate of drug-likeness (QED) is 0.477. The summed E-state index contributed by atoms with van der Waals surface area (Å²) < 4.78 is 10.5. The SMILES string of the molecule is CS(=O)CC/C=C/N=C=S. The number of isothiocyanates is 1. The van der Waals surface area contributed by atoms with Crippen LogP contribution in [0, 0.1) is 0 Å². The van der Waals surface area contributed by atoms with Crippen molar-refractivity contribution >= 4 is 28.2 Å². The van der Waals surface area contributed by atoms with Gasteiger partial charge in [-0.05, 0) is 18.6 Å². The molecule has 0 amide bonds. The maximum Gasteiger partial charge on any atom is 0.0634 e. The molecule has 0 aliphatic heterocycles. The van der Waals surface area contributed by atoms with E-state index in [4.69, 9.17) is 0 Å². The third kappa shape index (κ3) is 7.69. The second kappa shape index (κ2) is 6.81. The molecule has 0 radical (unpaired) electrons. The van der Waals surface area contributed by atoms with Crippen LogP contribution in [0.5, 0.6) is 0 Å². The van der Waals surface area contributed by atoms with Gasteiger partial charge in [-0.3, -0.25) is 4.21 Å². The lowest BCUT2D eigenvalue weighted by Gasteiger charge is -1.86. The zero-order chi connectivity index (χ0) is 7.82. The maximum atomic E-state index is 10.5. The van der Waals surface area contributed by atoms with Crippen LogP contribution in [0.3, 0.4) is 0 Å². The van der Waals surface area contributed by atoms with Crippen molar-refractivity contribution in [2.45, 2.75) is 6.42 Å². The van der Waals surface area contributed by atoms with Gasteiger partial charge < -0.3 is 0 Å². The standard InChI is InChI=1S/C6H9NOS2/c1-10(8)5-3-2-4-7-6-9/h2,4H,3,5H2,1H3/b4-2+. The molecule has 1 unspecified atom stereocenters. The van der Waals surface area contributed by atoms with Gasteiger partial charge in [-0.2, -0.15) is 0 Å². The molecular weight excluding hydrogens is 166 g/mol. The van der Waals surface area contributed by atoms with E-state index in [0.717, 1.165) is 6.42 Å². The smallest absolute Gasteiger partial charge is 0.0634 e. The molecule has 0 fully saturated rings. The van der Waals surface area contributed by atoms with Gasteiger partial charge in [0.05, 0.1) is 5.16 Å². The molecule has 56 valence electrons. The fourth-order valence-corrected chi connectivity index (χ4v) is 0.921. The minimum Gasteiger partial charge on any atom is -0.260 e. The summed E-state index contributed by atoms with van der Waals surface area (Å²) in [5.74, 6) is 0.684. The topological polar surface area (TPSA) is 29.4 Å². The molecule has 0 aromatic heterocycles. The largest absolute Gasteiger partial charge is 0.260 e. The summed E-state index contributed by atoms with van der Waals surface area (Å²) in [6.07, 6.45) is 5.85. The minimum atomic E-state index is -0.710. The summed E-state index contributed by atoms with van der Waals surface area (Å²) in [7, 11) is -0.710. The van der Waals surface area contributed by atoms with E-state index in [2.05, 4.69) is 22.4 Å². The van der Waals surface area contributed by atoms with Crippen molar-refractivity contribution in [3.8, 4) is 0 Å². The zero-order valence-corrected chi connectivity index (χ0v) is 7.37. The number of nitrogens with zero attached hydrogens (tertiary/aromatic N) is 1. The Labute approximate surface area is 68.5 Å². The first-order valence-corrected chi connectivity index (χ1v) is 4.93. The van der Waals surface area contributed by atoms with Crippen molar-refractivity contribution in [3.63, 3.8) is 0 Å². The molecule has 0 spiro atoms. The van der Waals surface area contributed by atoms with Crippen molar-refractivity contribution in [1.82, 2.24) is 0 Å². The predicted octanol–water partition coefficient (Wildman–Crippen LogP) is 1.37. The van der Waals surface area contributed by atoms with Gasteiger partial charge in [0.15, 0.2) is 0 Å². The second-order valence-electron chi connectivity index (χ2n) is 1.67. The first-order chi connectivity index (χ1) is 4.77. The van der Waals surface area contributed by atoms with Crippen LogP contribution in [-0.4, -0.2) is 21.4 Å². The number of allylic oxidation sites excluding steroid dienone is 1. The summed E-state index contributed by atoms with van der Waals surface area (Å²) in [5.41, 5.74) is 0. The summed E-state index contributed by atoms with van der Waals surface area (Å²) in [6, 6.07) is 0. The van der Waals surface area contributed by atoms with Crippen LogP contribution in [-0.2, 0) is 10.8 Å². The normalized spacial score (nSPS) is 12.9. The van der Waals surface area contributed by atoms with Crippen LogP contribution in [0.15, 0.2) is 17.3 Å². The summed E-state index contributed by atoms with van der Waals surface area (Å²) in [4.78, 5) is 3.55. The molecule has 0 heterocycles. The number of rotatable bonds is 4. The highest BCUT2D eigenvalue weighted by molar-refractivity contribution is 7.84. The average Bonchev–Trinajstić information content (AvgIpc) is 1.87. The number of hydrogen-bond acceptors (Lipinski definition) is 3. The van der Waals surface area contributed by atoms with E-state index in [1.807, 2.05) is 6.08 Å². The third-order valence-corrected chi connectivity index (χ3v) is 1.72. The van der Waals surface area contributed by atoms with Crippen LogP contribution in [0.2, 0.25) is 0 Å². The predicted molar refractivity (Wildman–Crippen MR) is 47.7 cm³/mol. The van der Waals surface area contributed by atoms with E-state index in [9.17, 15) is 4.21 Å². The Morgan fingerprint density at radius 1 is 1.80 bits per heavy atom. The lowest BCUT2D eigenvalue weighted by Crippen LogP contribution is -1.90. The lowest BCUT2D eigenvalue weighted by atomic mass is 10.5. The minimum absolute atomic E-state index is 0.684. The van der Waals surface area contributed by atoms with Gasteiger partial charge in [0, 0.05) is 29.0 Å². The number of thiocarbonyl (C=S) groups is 1. The van der Waals surface area contributed by atoms with Gasteiger partial charge in [0.1, 0.15) is 0 Å². The molecule has 2 nitrogen and oxygen atoms in total. The zero-order valence-electron chi connectivity index (χ0n) is 5.74. The van der Waals surface area contributed by atoms with E-state index < -0.39 is 10.8 Å². The molecule has 0 saturated heterocycles. The highest BCUT2D eigenvalue weighted by Crippen LogP contribution is 1.85. The van der Waals surface area contributed by atoms with Crippen molar-refractivity contribution in [1.29, 1.82) is 0 Å². The van der Waals surface area contributed by atoms with Gasteiger partial charge in [0.2, 0.25) is 0 Å². The summed E-state index contributed by atoms with van der Waals surface area (Å²) in [5, 5.41) is 2.20. The van der Waals surface area contributed by atoms with Crippen LogP contribution in [0.4, 0.5) is 0 Å². The molecule has 0 saturated carbocycles. The monoisotopic (exact) mass is 175 g/mol. The van der Waals surface area contributed by atoms with Crippen LogP contribution in [0.1, 0.15) is 6.42 Å². The molecule has 0 aromatic carbocycles. The molecule has 0 N–H and O–H groups in total. The van der Waals surface area contributed by atoms with Crippen molar-refractivity contribution < 1.29 is 4.21 Å². The molecule has 0 aliphatic rings. The second-order valence-corrected chi connectivity index (χ2v) is 3.41. The Morgan fingerprint density at radius 2 is 2.50 bits per heavy atom. The van der Waals surface area contributed by atoms with Crippen LogP contribution >= 0.6 is 12.2 Å². The third-order valence-electron chi connectivity index (χ3n) is 0.805. The van der Waals surface area contributed by atoms with E-state index in [1.165, 1.54) is 0 Å². The number of hydrogen-bond donors (Lipinski definition) is 0. The lowest BCUT2D eigenvalue weighted by molar-refractivity contribution is 0.686. The molecular formula is C6H9NOS2. The molecule has 0 aromatic rings. The molecule has 0 rings (SSSR count). The molecule has 10 heavy (non-hydrogen) atoms. The summed E-state index contributed by atoms with van der Waals surface area (Å²) >= 11 is 4.33. The molecule has 4 heteroatoms. The fourth-order valence-electron chi connectivity index (χ4n) is 0.392. The maximum absolute atomic E-state index is 10.5. The van der Waals surface area contributed by atoms with Crippen molar-refractivity contribution in [3.05, 3.63) is 12.3 Å². The number of aliphatic imine (C=N–C) groups is 1. The first-order valence-electron chi connectivity index (χ1n) is 2.79. The van der Waals surface area contributed by atoms with E-state index >= 15 is 0 Å². The highest BCUT2D eigenvalue weighted by atomic mass is 32.2. The Balaban J connectivity index is 3.35. The van der Waals surface area contributed by atoms with Gasteiger partial charge in [-0.1, -0.05) is 6.08 Å². The molecule has 1 atom stereocenters. The van der Waals surface area contributed by atoms with Gasteiger partial charge >= 0.3 is 0 Å². The Hall–Kier alpha value is -0.310. The first kappa shape index (κ1) is 9.69. The molecule has 0 bridgehead atoms. The average molecular weight is 175 g/mol. The highest BCUT2D eigenvalue weighted by Gasteiger charge is 1.84. The van der Waals surface area contributed by atoms with Crippen molar-refractivity contribution in [2.24, 2.45) is 4.99 Å². The van der Waals surface area contributed by atoms with E-state index in [0.29, 0.717) is 5.75 Å². The Bertz CT molecular complexity index is 182. The summed E-state index contributed by atoms with van der Waals surface area (Å²) in [6.45, 7) is 0. The van der Waals surface area contributed by atoms with Crippen molar-refractivity contribution in [2.75, 3.05) is 12.0 Å². The van der Waals surface area contributed by atoms with E-state index in [-0.39, 0.29) is 0 Å². The van der Waals surface area contributed by atoms with E-state index in [1.54, 1.807) is 12.5 Å². The van der Waals surface area contributed by atoms with Gasteiger partial charge in [-0.25, -0.2) is 4.99 Å². The van der Waals surface area contributed by atoms with Crippen LogP contribution < -0.4 is 0 Å². The Morgan fingerprint density at radius 3 is 3.00 bits per heavy atom.